The molecule has 1 aliphatic rings. The van der Waals surface area contributed by atoms with Gasteiger partial charge in [0.2, 0.25) is 11.8 Å². The zero-order chi connectivity index (χ0) is 28.3. The Morgan fingerprint density at radius 3 is 2.67 bits per heavy atom. The van der Waals surface area contributed by atoms with Gasteiger partial charge in [-0.25, -0.2) is 4.39 Å². The maximum Gasteiger partial charge on any atom is 0.254 e. The summed E-state index contributed by atoms with van der Waals surface area (Å²) in [6.07, 6.45) is 2.12. The minimum atomic E-state index is -0.943. The van der Waals surface area contributed by atoms with Gasteiger partial charge in [-0.15, -0.1) is 16.1 Å². The minimum Gasteiger partial charge on any atom is -0.419 e. The van der Waals surface area contributed by atoms with E-state index < -0.39 is 11.4 Å². The average Bonchev–Trinajstić information content (AvgIpc) is 3.64. The van der Waals surface area contributed by atoms with Gasteiger partial charge < -0.3 is 15.1 Å². The molecule has 0 bridgehead atoms. The van der Waals surface area contributed by atoms with Gasteiger partial charge in [0, 0.05) is 23.2 Å². The van der Waals surface area contributed by atoms with E-state index in [2.05, 4.69) is 22.0 Å². The monoisotopic (exact) mass is 533 g/mol. The molecule has 2 heterocycles. The second-order valence-electron chi connectivity index (χ2n) is 10.1. The lowest BCUT2D eigenvalue weighted by Crippen LogP contribution is -2.35. The molecule has 1 saturated heterocycles. The molecule has 3 aromatic carbocycles. The van der Waals surface area contributed by atoms with Crippen LogP contribution in [0.2, 0.25) is 0 Å². The normalized spacial score (nSPS) is 16.1. The van der Waals surface area contributed by atoms with Gasteiger partial charge in [-0.3, -0.25) is 4.79 Å². The fraction of sp³-hybridized carbons (Fsp3) is 0.250. The number of hydrogen-bond acceptors (Lipinski definition) is 6. The predicted octanol–water partition coefficient (Wildman–Crippen LogP) is 5.46. The lowest BCUT2D eigenvalue weighted by Gasteiger charge is -2.21. The first-order valence-electron chi connectivity index (χ1n) is 13.0. The molecule has 0 radical (unpaired) electrons. The number of amides is 1. The van der Waals surface area contributed by atoms with Crippen LogP contribution in [-0.2, 0) is 12.0 Å². The van der Waals surface area contributed by atoms with Crippen molar-refractivity contribution in [2.45, 2.75) is 44.7 Å². The molecular weight excluding hydrogens is 505 g/mol. The van der Waals surface area contributed by atoms with E-state index in [-0.39, 0.29) is 29.3 Å². The van der Waals surface area contributed by atoms with Crippen molar-refractivity contribution in [1.82, 2.24) is 15.1 Å². The van der Waals surface area contributed by atoms with E-state index in [1.54, 1.807) is 36.1 Å². The molecule has 40 heavy (non-hydrogen) atoms. The zero-order valence-electron chi connectivity index (χ0n) is 22.3. The van der Waals surface area contributed by atoms with Crippen LogP contribution in [0.4, 0.5) is 4.39 Å². The summed E-state index contributed by atoms with van der Waals surface area (Å²) in [7, 11) is 0. The summed E-state index contributed by atoms with van der Waals surface area (Å²) in [4.78, 5) is 15.5. The van der Waals surface area contributed by atoms with Crippen LogP contribution in [-0.4, -0.2) is 33.6 Å². The Labute approximate surface area is 232 Å². The third kappa shape index (κ3) is 5.36. The van der Waals surface area contributed by atoms with Gasteiger partial charge in [0.15, 0.2) is 0 Å². The molecule has 1 aromatic heterocycles. The third-order valence-electron chi connectivity index (χ3n) is 7.02. The van der Waals surface area contributed by atoms with Gasteiger partial charge in [0.1, 0.15) is 11.9 Å². The molecule has 0 saturated carbocycles. The summed E-state index contributed by atoms with van der Waals surface area (Å²) >= 11 is 0. The van der Waals surface area contributed by atoms with Crippen molar-refractivity contribution < 1.29 is 13.6 Å². The molecule has 2 N–H and O–H groups in total. The Morgan fingerprint density at radius 1 is 1.15 bits per heavy atom. The molecule has 2 atom stereocenters. The van der Waals surface area contributed by atoms with E-state index in [4.69, 9.17) is 10.2 Å². The number of rotatable bonds is 6. The van der Waals surface area contributed by atoms with E-state index in [0.717, 1.165) is 18.4 Å². The molecule has 200 valence electrons. The quantitative estimate of drug-likeness (QED) is 0.330. The molecule has 1 unspecified atom stereocenters. The molecule has 0 spiro atoms. The van der Waals surface area contributed by atoms with E-state index in [9.17, 15) is 14.4 Å². The number of nitrogens with zero attached hydrogens (tertiary/aromatic N) is 4. The topological polar surface area (TPSA) is 109 Å². The highest BCUT2D eigenvalue weighted by Crippen LogP contribution is 2.33. The van der Waals surface area contributed by atoms with Gasteiger partial charge in [-0.1, -0.05) is 48.4 Å². The van der Waals surface area contributed by atoms with Crippen molar-refractivity contribution in [3.8, 4) is 40.5 Å². The summed E-state index contributed by atoms with van der Waals surface area (Å²) in [5, 5.41) is 18.2. The van der Waals surface area contributed by atoms with Crippen molar-refractivity contribution in [3.63, 3.8) is 0 Å². The lowest BCUT2D eigenvalue weighted by atomic mass is 9.94. The standard InChI is InChI=1S/C32H28FN5O2/c1-3-9-25-12-8-15-38(25)30(39)24-17-22(26-13-7-14-28(33)27(26)20-34)16-23(18-24)29-36-37-31(40-29)32(2,35)19-21-10-5-4-6-11-21/h4-7,10-11,13-14,16-18,25H,8,12,15,19,35H2,1-2H3/t25?,32-/m1/s1. The van der Waals surface area contributed by atoms with Crippen molar-refractivity contribution in [1.29, 1.82) is 5.26 Å². The molecular formula is C32H28FN5O2. The summed E-state index contributed by atoms with van der Waals surface area (Å²) in [5.74, 6) is 5.57. The highest BCUT2D eigenvalue weighted by molar-refractivity contribution is 5.97. The van der Waals surface area contributed by atoms with E-state index in [0.29, 0.717) is 35.2 Å². The Balaban J connectivity index is 1.58. The smallest absolute Gasteiger partial charge is 0.254 e. The van der Waals surface area contributed by atoms with E-state index in [1.807, 2.05) is 43.3 Å². The number of benzene rings is 3. The van der Waals surface area contributed by atoms with E-state index in [1.165, 1.54) is 12.1 Å². The molecule has 1 amide bonds. The molecule has 1 fully saturated rings. The molecule has 1 aliphatic heterocycles. The third-order valence-corrected chi connectivity index (χ3v) is 7.02. The Hall–Kier alpha value is -4.79. The maximum absolute atomic E-state index is 14.5. The highest BCUT2D eigenvalue weighted by atomic mass is 19.1. The molecule has 8 heteroatoms. The van der Waals surface area contributed by atoms with Gasteiger partial charge in [0.25, 0.3) is 5.91 Å². The summed E-state index contributed by atoms with van der Waals surface area (Å²) in [5.41, 5.74) is 8.21. The first-order chi connectivity index (χ1) is 19.3. The summed E-state index contributed by atoms with van der Waals surface area (Å²) < 4.78 is 20.6. The minimum absolute atomic E-state index is 0.113. The van der Waals surface area contributed by atoms with Crippen LogP contribution in [0, 0.1) is 29.0 Å². The molecule has 7 nitrogen and oxygen atoms in total. The van der Waals surface area contributed by atoms with Crippen molar-refractivity contribution in [2.75, 3.05) is 6.54 Å². The largest absolute Gasteiger partial charge is 0.419 e. The number of nitrogens with two attached hydrogens (primary N) is 1. The first kappa shape index (κ1) is 26.8. The fourth-order valence-corrected chi connectivity index (χ4v) is 5.07. The molecule has 5 rings (SSSR count). The number of aromatic nitrogens is 2. The van der Waals surface area contributed by atoms with Crippen LogP contribution in [0.1, 0.15) is 54.1 Å². The number of carbonyl (C=O) groups excluding carboxylic acids is 1. The Bertz CT molecular complexity index is 1660. The van der Waals surface area contributed by atoms with Crippen LogP contribution >= 0.6 is 0 Å². The first-order valence-corrected chi connectivity index (χ1v) is 13.0. The highest BCUT2D eigenvalue weighted by Gasteiger charge is 2.31. The van der Waals surface area contributed by atoms with E-state index >= 15 is 0 Å². The van der Waals surface area contributed by atoms with Crippen LogP contribution in [0.15, 0.2) is 71.1 Å². The second kappa shape index (κ2) is 11.1. The van der Waals surface area contributed by atoms with Crippen LogP contribution in [0.3, 0.4) is 0 Å². The van der Waals surface area contributed by atoms with Gasteiger partial charge in [0.05, 0.1) is 17.1 Å². The Kier molecular flexibility index (Phi) is 7.46. The van der Waals surface area contributed by atoms with Gasteiger partial charge >= 0.3 is 0 Å². The zero-order valence-corrected chi connectivity index (χ0v) is 22.3. The molecule has 4 aromatic rings. The van der Waals surface area contributed by atoms with Gasteiger partial charge in [-0.2, -0.15) is 5.26 Å². The second-order valence-corrected chi connectivity index (χ2v) is 10.1. The van der Waals surface area contributed by atoms with Crippen LogP contribution in [0.5, 0.6) is 0 Å². The number of nitriles is 1. The SMILES string of the molecule is CC#CC1CCCN1C(=O)c1cc(-c2nnc([C@](C)(N)Cc3ccccc3)o2)cc(-c2cccc(F)c2C#N)c1. The fourth-order valence-electron chi connectivity index (χ4n) is 5.07. The number of hydrogen-bond donors (Lipinski definition) is 1. The summed E-state index contributed by atoms with van der Waals surface area (Å²) in [6.45, 7) is 4.15. The number of halogens is 1. The van der Waals surface area contributed by atoms with Crippen molar-refractivity contribution in [2.24, 2.45) is 5.73 Å². The van der Waals surface area contributed by atoms with Crippen molar-refractivity contribution >= 4 is 5.91 Å². The van der Waals surface area contributed by atoms with Crippen LogP contribution in [0.25, 0.3) is 22.6 Å². The molecule has 0 aliphatic carbocycles. The lowest BCUT2D eigenvalue weighted by molar-refractivity contribution is 0.0766. The summed E-state index contributed by atoms with van der Waals surface area (Å²) in [6, 6.07) is 21.0. The van der Waals surface area contributed by atoms with Crippen LogP contribution < -0.4 is 5.73 Å². The number of carbonyl (C=O) groups is 1. The maximum atomic E-state index is 14.5. The average molecular weight is 534 g/mol. The van der Waals surface area contributed by atoms with Gasteiger partial charge in [-0.05, 0) is 68.5 Å². The number of likely N-dealkylation sites (tertiary alicyclic amines) is 1. The Morgan fingerprint density at radius 2 is 1.93 bits per heavy atom. The van der Waals surface area contributed by atoms with Crippen molar-refractivity contribution in [3.05, 3.63) is 95.1 Å². The predicted molar refractivity (Wildman–Crippen MR) is 149 cm³/mol.